The van der Waals surface area contributed by atoms with E-state index in [0.717, 1.165) is 16.4 Å². The molecule has 0 aliphatic carbocycles. The zero-order valence-corrected chi connectivity index (χ0v) is 21.0. The van der Waals surface area contributed by atoms with Gasteiger partial charge >= 0.3 is 0 Å². The molecule has 0 heterocycles. The Labute approximate surface area is 205 Å². The summed E-state index contributed by atoms with van der Waals surface area (Å²) in [5, 5.41) is 5.09. The summed E-state index contributed by atoms with van der Waals surface area (Å²) in [5.41, 5.74) is 0. The zero-order valence-electron chi connectivity index (χ0n) is 17.7. The number of hydrogen-bond acceptors (Lipinski definition) is 2. The second-order valence-electron chi connectivity index (χ2n) is 7.42. The van der Waals surface area contributed by atoms with E-state index in [1.54, 1.807) is 11.8 Å². The minimum Gasteiger partial charge on any atom is -0.489 e. The first-order chi connectivity index (χ1) is 15.6. The standard InChI is InChI=1S/C27H24Cl2OPS/c1-31(21-10-4-2-5-11-21,22-12-6-3-7-13-22)27-15-9-8-14-26(27)30-18-19-32-23-16-17-24(28)25(29)20-23/h2-17,20H,18-19H2,1H3/q+1. The van der Waals surface area contributed by atoms with Crippen molar-refractivity contribution < 1.29 is 4.74 Å². The van der Waals surface area contributed by atoms with Crippen LogP contribution in [0.15, 0.2) is 108 Å². The first-order valence-electron chi connectivity index (χ1n) is 10.4. The lowest BCUT2D eigenvalue weighted by molar-refractivity contribution is 0.347. The third-order valence-electron chi connectivity index (χ3n) is 5.39. The highest BCUT2D eigenvalue weighted by molar-refractivity contribution is 7.99. The van der Waals surface area contributed by atoms with Gasteiger partial charge in [0.25, 0.3) is 0 Å². The van der Waals surface area contributed by atoms with E-state index < -0.39 is 7.26 Å². The monoisotopic (exact) mass is 497 g/mol. The van der Waals surface area contributed by atoms with E-state index in [-0.39, 0.29) is 0 Å². The fraction of sp³-hybridized carbons (Fsp3) is 0.111. The third-order valence-corrected chi connectivity index (χ3v) is 11.1. The molecule has 0 N–H and O–H groups in total. The Kier molecular flexibility index (Phi) is 7.81. The van der Waals surface area contributed by atoms with Crippen LogP contribution in [0.4, 0.5) is 0 Å². The lowest BCUT2D eigenvalue weighted by atomic mass is 10.3. The zero-order chi connectivity index (χ0) is 22.4. The van der Waals surface area contributed by atoms with Crippen molar-refractivity contribution in [2.24, 2.45) is 0 Å². The molecule has 0 atom stereocenters. The average molecular weight is 498 g/mol. The van der Waals surface area contributed by atoms with Gasteiger partial charge < -0.3 is 4.74 Å². The summed E-state index contributed by atoms with van der Waals surface area (Å²) in [5.74, 6) is 1.77. The van der Waals surface area contributed by atoms with Gasteiger partial charge in [-0.1, -0.05) is 71.7 Å². The molecule has 0 spiro atoms. The smallest absolute Gasteiger partial charge is 0.162 e. The maximum absolute atomic E-state index is 6.35. The number of para-hydroxylation sites is 1. The van der Waals surface area contributed by atoms with Gasteiger partial charge in [-0.2, -0.15) is 0 Å². The number of rotatable bonds is 8. The molecule has 0 aromatic heterocycles. The predicted molar refractivity (Wildman–Crippen MR) is 144 cm³/mol. The Hall–Kier alpha value is -1.96. The molecule has 32 heavy (non-hydrogen) atoms. The highest BCUT2D eigenvalue weighted by Crippen LogP contribution is 2.53. The highest BCUT2D eigenvalue weighted by Gasteiger charge is 2.42. The van der Waals surface area contributed by atoms with Crippen LogP contribution in [0.1, 0.15) is 0 Å². The molecule has 4 aromatic rings. The maximum Gasteiger partial charge on any atom is 0.162 e. The van der Waals surface area contributed by atoms with Gasteiger partial charge in [0.05, 0.1) is 23.3 Å². The number of benzene rings is 4. The van der Waals surface area contributed by atoms with E-state index in [9.17, 15) is 0 Å². The average Bonchev–Trinajstić information content (AvgIpc) is 2.85. The second-order valence-corrected chi connectivity index (χ2v) is 12.9. The van der Waals surface area contributed by atoms with E-state index in [0.29, 0.717) is 16.7 Å². The van der Waals surface area contributed by atoms with Gasteiger partial charge in [-0.3, -0.25) is 0 Å². The van der Waals surface area contributed by atoms with Crippen LogP contribution in [0, 0.1) is 0 Å². The van der Waals surface area contributed by atoms with Crippen LogP contribution in [-0.2, 0) is 0 Å². The van der Waals surface area contributed by atoms with Gasteiger partial charge in [-0.25, -0.2) is 0 Å². The minimum atomic E-state index is -1.85. The lowest BCUT2D eigenvalue weighted by Crippen LogP contribution is -2.31. The van der Waals surface area contributed by atoms with Crippen LogP contribution in [0.5, 0.6) is 5.75 Å². The van der Waals surface area contributed by atoms with E-state index >= 15 is 0 Å². The highest BCUT2D eigenvalue weighted by atomic mass is 35.5. The van der Waals surface area contributed by atoms with E-state index in [2.05, 4.69) is 85.5 Å². The van der Waals surface area contributed by atoms with Crippen molar-refractivity contribution in [3.63, 3.8) is 0 Å². The fourth-order valence-corrected chi connectivity index (χ4v) is 8.19. The summed E-state index contributed by atoms with van der Waals surface area (Å²) in [6.07, 6.45) is 0. The summed E-state index contributed by atoms with van der Waals surface area (Å²) in [6.45, 7) is 2.98. The van der Waals surface area contributed by atoms with Gasteiger partial charge in [0, 0.05) is 10.6 Å². The molecule has 0 saturated heterocycles. The van der Waals surface area contributed by atoms with Crippen molar-refractivity contribution in [1.82, 2.24) is 0 Å². The van der Waals surface area contributed by atoms with Gasteiger partial charge in [0.1, 0.15) is 23.2 Å². The molecule has 0 aliphatic rings. The van der Waals surface area contributed by atoms with Gasteiger partial charge in [0.15, 0.2) is 5.75 Å². The molecule has 0 unspecified atom stereocenters. The van der Waals surface area contributed by atoms with Crippen molar-refractivity contribution >= 4 is 58.1 Å². The van der Waals surface area contributed by atoms with Crippen LogP contribution >= 0.6 is 42.2 Å². The van der Waals surface area contributed by atoms with Gasteiger partial charge in [-0.05, 0) is 54.6 Å². The predicted octanol–water partition coefficient (Wildman–Crippen LogP) is 7.09. The quantitative estimate of drug-likeness (QED) is 0.146. The molecule has 5 heteroatoms. The van der Waals surface area contributed by atoms with Crippen molar-refractivity contribution in [2.75, 3.05) is 19.0 Å². The normalized spacial score (nSPS) is 11.3. The molecular weight excluding hydrogens is 474 g/mol. The molecule has 1 nitrogen and oxygen atoms in total. The van der Waals surface area contributed by atoms with Crippen LogP contribution in [0.2, 0.25) is 10.0 Å². The third kappa shape index (κ3) is 5.16. The van der Waals surface area contributed by atoms with Crippen molar-refractivity contribution in [3.8, 4) is 5.75 Å². The Morgan fingerprint density at radius 3 is 1.94 bits per heavy atom. The van der Waals surface area contributed by atoms with Crippen LogP contribution in [-0.4, -0.2) is 19.0 Å². The second kappa shape index (κ2) is 10.8. The largest absolute Gasteiger partial charge is 0.489 e. The molecule has 162 valence electrons. The summed E-state index contributed by atoms with van der Waals surface area (Å²) in [7, 11) is -1.85. The first kappa shape index (κ1) is 23.2. The number of ether oxygens (including phenoxy) is 1. The number of hydrogen-bond donors (Lipinski definition) is 0. The fourth-order valence-electron chi connectivity index (χ4n) is 3.71. The molecule has 0 aliphatic heterocycles. The number of halogens is 2. The van der Waals surface area contributed by atoms with E-state index in [1.807, 2.05) is 24.3 Å². The van der Waals surface area contributed by atoms with E-state index in [4.69, 9.17) is 27.9 Å². The van der Waals surface area contributed by atoms with Gasteiger partial charge in [-0.15, -0.1) is 11.8 Å². The topological polar surface area (TPSA) is 9.23 Å². The van der Waals surface area contributed by atoms with Crippen LogP contribution in [0.3, 0.4) is 0 Å². The summed E-state index contributed by atoms with van der Waals surface area (Å²) in [4.78, 5) is 1.09. The summed E-state index contributed by atoms with van der Waals surface area (Å²) < 4.78 is 6.35. The van der Waals surface area contributed by atoms with Crippen molar-refractivity contribution in [2.45, 2.75) is 4.90 Å². The summed E-state index contributed by atoms with van der Waals surface area (Å²) >= 11 is 13.9. The first-order valence-corrected chi connectivity index (χ1v) is 14.3. The Morgan fingerprint density at radius 1 is 0.719 bits per heavy atom. The van der Waals surface area contributed by atoms with Crippen LogP contribution < -0.4 is 20.7 Å². The molecular formula is C27H24Cl2OPS+. The van der Waals surface area contributed by atoms with Crippen molar-refractivity contribution in [3.05, 3.63) is 113 Å². The van der Waals surface area contributed by atoms with Crippen LogP contribution in [0.25, 0.3) is 0 Å². The molecule has 0 amide bonds. The Balaban J connectivity index is 1.58. The molecule has 0 radical (unpaired) electrons. The van der Waals surface area contributed by atoms with E-state index in [1.165, 1.54) is 15.9 Å². The molecule has 4 rings (SSSR count). The molecule has 0 fully saturated rings. The Morgan fingerprint density at radius 2 is 1.31 bits per heavy atom. The maximum atomic E-state index is 6.35. The van der Waals surface area contributed by atoms with Gasteiger partial charge in [0.2, 0.25) is 0 Å². The lowest BCUT2D eigenvalue weighted by Gasteiger charge is -2.25. The molecule has 4 aromatic carbocycles. The Bertz CT molecular complexity index is 1130. The molecule has 0 saturated carbocycles. The molecule has 0 bridgehead atoms. The number of thioether (sulfide) groups is 1. The SMILES string of the molecule is C[P+](c1ccccc1)(c1ccccc1)c1ccccc1OCCSc1ccc(Cl)c(Cl)c1. The minimum absolute atomic E-state index is 0.575. The van der Waals surface area contributed by atoms with Crippen molar-refractivity contribution in [1.29, 1.82) is 0 Å². The summed E-state index contributed by atoms with van der Waals surface area (Å²) in [6, 6.07) is 35.7.